The first-order chi connectivity index (χ1) is 11.1. The van der Waals surface area contributed by atoms with Gasteiger partial charge in [-0.15, -0.1) is 0 Å². The Balaban J connectivity index is 3.76. The van der Waals surface area contributed by atoms with E-state index in [9.17, 15) is 9.46 Å². The van der Waals surface area contributed by atoms with Gasteiger partial charge in [0.2, 0.25) is 0 Å². The van der Waals surface area contributed by atoms with Crippen LogP contribution >= 0.6 is 7.82 Å². The fourth-order valence-corrected chi connectivity index (χ4v) is 4.22. The summed E-state index contributed by atoms with van der Waals surface area (Å²) in [5.74, 6) is 0. The van der Waals surface area contributed by atoms with Crippen LogP contribution in [0.15, 0.2) is 0 Å². The van der Waals surface area contributed by atoms with Gasteiger partial charge < -0.3 is 37.0 Å². The summed E-state index contributed by atoms with van der Waals surface area (Å²) >= 11 is 0. The van der Waals surface area contributed by atoms with Gasteiger partial charge in [0.05, 0.1) is 27.7 Å². The first kappa shape index (κ1) is 24.1. The lowest BCUT2D eigenvalue weighted by Gasteiger charge is -2.27. The highest BCUT2D eigenvalue weighted by molar-refractivity contribution is 7.45. The van der Waals surface area contributed by atoms with Crippen molar-refractivity contribution >= 4 is 16.6 Å². The van der Waals surface area contributed by atoms with Crippen LogP contribution in [0, 0.1) is 0 Å². The van der Waals surface area contributed by atoms with E-state index in [1.165, 1.54) is 0 Å². The number of nitrogens with zero attached hydrogens (tertiary/aromatic N) is 1. The van der Waals surface area contributed by atoms with Crippen molar-refractivity contribution < 1.29 is 36.3 Å². The van der Waals surface area contributed by atoms with Gasteiger partial charge >= 0.3 is 8.80 Å². The van der Waals surface area contributed by atoms with Crippen LogP contribution in [0.4, 0.5) is 0 Å². The minimum absolute atomic E-state index is 0.0343. The van der Waals surface area contributed by atoms with Crippen molar-refractivity contribution in [1.82, 2.24) is 5.32 Å². The number of hydrogen-bond acceptors (Lipinski definition) is 8. The molecule has 0 aliphatic carbocycles. The Kier molecular flexibility index (Phi) is 11.7. The molecular formula is C13H33N2O7PSi. The lowest BCUT2D eigenvalue weighted by atomic mass is 10.5. The van der Waals surface area contributed by atoms with E-state index in [0.717, 1.165) is 6.42 Å². The van der Waals surface area contributed by atoms with E-state index in [0.29, 0.717) is 30.2 Å². The molecule has 0 aromatic carbocycles. The van der Waals surface area contributed by atoms with Gasteiger partial charge in [0.15, 0.2) is 0 Å². The Morgan fingerprint density at radius 3 is 2.04 bits per heavy atom. The molecule has 11 heteroatoms. The summed E-state index contributed by atoms with van der Waals surface area (Å²) in [6.07, 6.45) is 0.788. The fraction of sp³-hybridized carbons (Fsp3) is 1.00. The molecule has 146 valence electrons. The lowest BCUT2D eigenvalue weighted by Crippen LogP contribution is -2.43. The molecule has 0 amide bonds. The molecule has 0 aliphatic heterocycles. The predicted octanol–water partition coefficient (Wildman–Crippen LogP) is 0.0520. The zero-order valence-corrected chi connectivity index (χ0v) is 17.6. The van der Waals surface area contributed by atoms with Crippen LogP contribution in [-0.2, 0) is 26.9 Å². The van der Waals surface area contributed by atoms with Crippen molar-refractivity contribution in [3.05, 3.63) is 0 Å². The van der Waals surface area contributed by atoms with Crippen molar-refractivity contribution in [2.24, 2.45) is 0 Å². The highest BCUT2D eigenvalue weighted by Crippen LogP contribution is 2.37. The zero-order chi connectivity index (χ0) is 18.7. The van der Waals surface area contributed by atoms with Crippen LogP contribution in [0.25, 0.3) is 0 Å². The first-order valence-corrected chi connectivity index (χ1v) is 11.3. The van der Waals surface area contributed by atoms with Crippen LogP contribution in [0.3, 0.4) is 0 Å². The van der Waals surface area contributed by atoms with E-state index >= 15 is 0 Å². The summed E-state index contributed by atoms with van der Waals surface area (Å²) in [5, 5.41) is 3.10. The molecule has 1 N–H and O–H groups in total. The zero-order valence-electron chi connectivity index (χ0n) is 15.7. The minimum atomic E-state index is -4.23. The number of rotatable bonds is 15. The average Bonchev–Trinajstić information content (AvgIpc) is 2.49. The molecular weight excluding hydrogens is 355 g/mol. The maximum Gasteiger partial charge on any atom is 0.500 e. The average molecular weight is 388 g/mol. The predicted molar refractivity (Wildman–Crippen MR) is 91.5 cm³/mol. The topological polar surface area (TPSA) is 98.3 Å². The fourth-order valence-electron chi connectivity index (χ4n) is 1.80. The molecule has 24 heavy (non-hydrogen) atoms. The van der Waals surface area contributed by atoms with Gasteiger partial charge in [-0.25, -0.2) is 0 Å². The van der Waals surface area contributed by atoms with Gasteiger partial charge in [-0.1, -0.05) is 0 Å². The summed E-state index contributed by atoms with van der Waals surface area (Å²) in [6.45, 7) is 1.81. The van der Waals surface area contributed by atoms with Gasteiger partial charge in [-0.2, -0.15) is 0 Å². The number of quaternary nitrogens is 1. The molecule has 0 aromatic rings. The maximum atomic E-state index is 11.6. The molecule has 0 radical (unpaired) electrons. The summed E-state index contributed by atoms with van der Waals surface area (Å²) in [5.41, 5.74) is 0. The lowest BCUT2D eigenvalue weighted by molar-refractivity contribution is -0.870. The van der Waals surface area contributed by atoms with Gasteiger partial charge in [0.25, 0.3) is 7.82 Å². The van der Waals surface area contributed by atoms with Crippen LogP contribution in [0.1, 0.15) is 6.42 Å². The standard InChI is InChI=1S/C13H33N2O7PSi/c1-15(2,3)10-12-22-23(16,17)21-11-9-14-8-7-13-24(18-4,19-5)20-6/h14H,7-13H2,1-6H3. The van der Waals surface area contributed by atoms with Gasteiger partial charge in [0, 0.05) is 33.9 Å². The smallest absolute Gasteiger partial charge is 0.500 e. The Hall–Kier alpha value is 0.127. The first-order valence-electron chi connectivity index (χ1n) is 7.86. The van der Waals surface area contributed by atoms with Crippen LogP contribution in [0.5, 0.6) is 0 Å². The third-order valence-corrected chi connectivity index (χ3v) is 7.14. The number of likely N-dealkylation sites (N-methyl/N-ethyl adjacent to an activating group) is 1. The summed E-state index contributed by atoms with van der Waals surface area (Å²) in [4.78, 5) is 11.6. The molecule has 0 saturated heterocycles. The molecule has 0 rings (SSSR count). The van der Waals surface area contributed by atoms with Crippen LogP contribution < -0.4 is 10.2 Å². The van der Waals surface area contributed by atoms with E-state index < -0.39 is 16.6 Å². The highest BCUT2D eigenvalue weighted by Gasteiger charge is 2.36. The van der Waals surface area contributed by atoms with Crippen molar-refractivity contribution in [3.8, 4) is 0 Å². The maximum absolute atomic E-state index is 11.6. The number of hydrogen-bond donors (Lipinski definition) is 1. The van der Waals surface area contributed by atoms with Gasteiger partial charge in [0.1, 0.15) is 13.2 Å². The van der Waals surface area contributed by atoms with Gasteiger partial charge in [-0.3, -0.25) is 4.57 Å². The normalized spacial score (nSPS) is 15.5. The molecule has 0 fully saturated rings. The summed E-state index contributed by atoms with van der Waals surface area (Å²) in [6, 6.07) is 0.679. The van der Waals surface area contributed by atoms with Crippen molar-refractivity contribution in [3.63, 3.8) is 0 Å². The second kappa shape index (κ2) is 11.7. The molecule has 0 aromatic heterocycles. The third kappa shape index (κ3) is 11.6. The Labute approximate surface area is 146 Å². The minimum Gasteiger partial charge on any atom is -0.756 e. The Morgan fingerprint density at radius 2 is 1.54 bits per heavy atom. The van der Waals surface area contributed by atoms with Crippen LogP contribution in [0.2, 0.25) is 6.04 Å². The van der Waals surface area contributed by atoms with Gasteiger partial charge in [-0.05, 0) is 13.0 Å². The summed E-state index contributed by atoms with van der Waals surface area (Å²) < 4.78 is 37.7. The second-order valence-corrected chi connectivity index (χ2v) is 10.8. The van der Waals surface area contributed by atoms with Crippen LogP contribution in [-0.4, -0.2) is 88.6 Å². The van der Waals surface area contributed by atoms with E-state index in [1.54, 1.807) is 21.3 Å². The molecule has 1 unspecified atom stereocenters. The van der Waals surface area contributed by atoms with Crippen molar-refractivity contribution in [2.75, 3.05) is 75.3 Å². The molecule has 1 atom stereocenters. The highest BCUT2D eigenvalue weighted by atomic mass is 31.2. The SMILES string of the molecule is CO[Si](CCCNCCOP(=O)([O-])OCC[N+](C)(C)C)(OC)OC. The third-order valence-electron chi connectivity index (χ3n) is 3.31. The monoisotopic (exact) mass is 388 g/mol. The largest absolute Gasteiger partial charge is 0.756 e. The van der Waals surface area contributed by atoms with E-state index in [1.807, 2.05) is 21.1 Å². The van der Waals surface area contributed by atoms with Crippen molar-refractivity contribution in [2.45, 2.75) is 12.5 Å². The molecule has 9 nitrogen and oxygen atoms in total. The number of phosphoric acid groups is 1. The quantitative estimate of drug-likeness (QED) is 0.182. The molecule has 0 spiro atoms. The Bertz CT molecular complexity index is 370. The molecule has 0 saturated carbocycles. The molecule has 0 heterocycles. The number of phosphoric ester groups is 1. The van der Waals surface area contributed by atoms with E-state index in [2.05, 4.69) is 5.32 Å². The molecule has 0 aliphatic rings. The summed E-state index contributed by atoms with van der Waals surface area (Å²) in [7, 11) is 3.83. The Morgan fingerprint density at radius 1 is 1.00 bits per heavy atom. The second-order valence-electron chi connectivity index (χ2n) is 6.28. The van der Waals surface area contributed by atoms with Crippen molar-refractivity contribution in [1.29, 1.82) is 0 Å². The number of nitrogens with one attached hydrogen (secondary N) is 1. The molecule has 0 bridgehead atoms. The van der Waals surface area contributed by atoms with E-state index in [-0.39, 0.29) is 13.2 Å². The van der Waals surface area contributed by atoms with E-state index in [4.69, 9.17) is 22.3 Å².